The summed E-state index contributed by atoms with van der Waals surface area (Å²) in [6.07, 6.45) is 1.29. The molecule has 1 unspecified atom stereocenters. The monoisotopic (exact) mass is 352 g/mol. The van der Waals surface area contributed by atoms with Crippen molar-refractivity contribution in [1.29, 1.82) is 0 Å². The van der Waals surface area contributed by atoms with Gasteiger partial charge in [0.05, 0.1) is 11.3 Å². The van der Waals surface area contributed by atoms with Crippen molar-refractivity contribution in [2.24, 2.45) is 0 Å². The molecule has 0 radical (unpaired) electrons. The highest BCUT2D eigenvalue weighted by atomic mass is 35.5. The Morgan fingerprint density at radius 2 is 1.83 bits per heavy atom. The van der Waals surface area contributed by atoms with E-state index in [1.807, 2.05) is 30.3 Å². The average Bonchev–Trinajstić information content (AvgIpc) is 2.46. The molecule has 1 atom stereocenters. The van der Waals surface area contributed by atoms with Gasteiger partial charge in [-0.3, -0.25) is 4.79 Å². The summed E-state index contributed by atoms with van der Waals surface area (Å²) in [5.74, 6) is -0.978. The highest BCUT2D eigenvalue weighted by Gasteiger charge is 2.17. The fourth-order valence-corrected chi connectivity index (χ4v) is 3.64. The Balaban J connectivity index is 2.42. The summed E-state index contributed by atoms with van der Waals surface area (Å²) < 4.78 is 24.2. The molecule has 2 rings (SSSR count). The molecule has 23 heavy (non-hydrogen) atoms. The molecule has 0 aromatic heterocycles. The number of aliphatic carboxylic acids is 1. The molecule has 0 saturated carbocycles. The zero-order valence-electron chi connectivity index (χ0n) is 12.6. The molecule has 2 aromatic carbocycles. The van der Waals surface area contributed by atoms with Crippen LogP contribution in [0.1, 0.15) is 12.0 Å². The minimum atomic E-state index is -3.42. The molecule has 0 saturated heterocycles. The van der Waals surface area contributed by atoms with Crippen LogP contribution < -0.4 is 0 Å². The van der Waals surface area contributed by atoms with Gasteiger partial charge in [-0.15, -0.1) is 11.6 Å². The topological polar surface area (TPSA) is 71.4 Å². The van der Waals surface area contributed by atoms with Gasteiger partial charge < -0.3 is 5.11 Å². The van der Waals surface area contributed by atoms with Gasteiger partial charge >= 0.3 is 5.97 Å². The summed E-state index contributed by atoms with van der Waals surface area (Å²) in [5, 5.41) is 8.18. The van der Waals surface area contributed by atoms with Crippen LogP contribution in [-0.2, 0) is 21.1 Å². The second kappa shape index (κ2) is 7.15. The van der Waals surface area contributed by atoms with Crippen molar-refractivity contribution < 1.29 is 18.3 Å². The van der Waals surface area contributed by atoms with Crippen LogP contribution in [0.4, 0.5) is 0 Å². The average molecular weight is 353 g/mol. The first kappa shape index (κ1) is 17.5. The number of sulfone groups is 1. The van der Waals surface area contributed by atoms with Crippen molar-refractivity contribution in [3.05, 3.63) is 54.1 Å². The number of benzene rings is 2. The molecule has 0 amide bonds. The van der Waals surface area contributed by atoms with Gasteiger partial charge in [0, 0.05) is 17.2 Å². The van der Waals surface area contributed by atoms with Crippen LogP contribution in [0.5, 0.6) is 0 Å². The van der Waals surface area contributed by atoms with E-state index < -0.39 is 21.2 Å². The van der Waals surface area contributed by atoms with Crippen molar-refractivity contribution in [3.8, 4) is 11.1 Å². The van der Waals surface area contributed by atoms with Gasteiger partial charge in [-0.25, -0.2) is 8.42 Å². The van der Waals surface area contributed by atoms with Gasteiger partial charge in [0.15, 0.2) is 9.84 Å². The smallest absolute Gasteiger partial charge is 0.304 e. The third-order valence-electron chi connectivity index (χ3n) is 3.38. The van der Waals surface area contributed by atoms with E-state index in [4.69, 9.17) is 16.7 Å². The van der Waals surface area contributed by atoms with Crippen LogP contribution in [0.25, 0.3) is 11.1 Å². The summed E-state index contributed by atoms with van der Waals surface area (Å²) in [5.41, 5.74) is 2.14. The number of hydrogen-bond donors (Lipinski definition) is 1. The number of alkyl halides is 1. The zero-order valence-corrected chi connectivity index (χ0v) is 14.1. The molecule has 0 aliphatic carbocycles. The Bertz CT molecular complexity index is 801. The third-order valence-corrected chi connectivity index (χ3v) is 4.83. The molecule has 0 fully saturated rings. The molecule has 0 heterocycles. The number of carboxylic acid groups (broad SMARTS) is 1. The Kier molecular flexibility index (Phi) is 5.44. The molecule has 0 aliphatic rings. The van der Waals surface area contributed by atoms with E-state index in [1.54, 1.807) is 18.2 Å². The van der Waals surface area contributed by atoms with E-state index in [0.29, 0.717) is 17.5 Å². The Labute approximate surface area is 140 Å². The fourth-order valence-electron chi connectivity index (χ4n) is 2.37. The lowest BCUT2D eigenvalue weighted by Gasteiger charge is -2.12. The fraction of sp³-hybridized carbons (Fsp3) is 0.235. The summed E-state index contributed by atoms with van der Waals surface area (Å²) in [6.45, 7) is 0. The summed E-state index contributed by atoms with van der Waals surface area (Å²) in [6, 6.07) is 14.3. The van der Waals surface area contributed by atoms with Gasteiger partial charge in [0.25, 0.3) is 0 Å². The standard InChI is InChI=1S/C17H17ClO4S/c1-23(21,22)16-10-12(9-14(18)11-17(19)20)7-8-15(16)13-5-3-2-4-6-13/h2-8,10,14H,9,11H2,1H3,(H,19,20). The quantitative estimate of drug-likeness (QED) is 0.809. The lowest BCUT2D eigenvalue weighted by atomic mass is 10.0. The normalized spacial score (nSPS) is 12.8. The maximum absolute atomic E-state index is 12.1. The van der Waals surface area contributed by atoms with Crippen molar-refractivity contribution in [2.75, 3.05) is 6.26 Å². The van der Waals surface area contributed by atoms with Gasteiger partial charge in [0.2, 0.25) is 0 Å². The van der Waals surface area contributed by atoms with Crippen LogP contribution in [0.2, 0.25) is 0 Å². The van der Waals surface area contributed by atoms with Crippen molar-refractivity contribution in [1.82, 2.24) is 0 Å². The first-order chi connectivity index (χ1) is 10.8. The van der Waals surface area contributed by atoms with E-state index in [-0.39, 0.29) is 11.3 Å². The van der Waals surface area contributed by atoms with Crippen LogP contribution in [0.3, 0.4) is 0 Å². The number of halogens is 1. The minimum absolute atomic E-state index is 0.170. The number of hydrogen-bond acceptors (Lipinski definition) is 3. The number of carboxylic acids is 1. The van der Waals surface area contributed by atoms with Crippen molar-refractivity contribution in [3.63, 3.8) is 0 Å². The van der Waals surface area contributed by atoms with Crippen LogP contribution in [0.15, 0.2) is 53.4 Å². The minimum Gasteiger partial charge on any atom is -0.481 e. The van der Waals surface area contributed by atoms with Crippen LogP contribution in [0, 0.1) is 0 Å². The molecule has 2 aromatic rings. The highest BCUT2D eigenvalue weighted by Crippen LogP contribution is 2.29. The lowest BCUT2D eigenvalue weighted by Crippen LogP contribution is -2.11. The largest absolute Gasteiger partial charge is 0.481 e. The predicted octanol–water partition coefficient (Wildman–Crippen LogP) is 3.38. The summed E-state index contributed by atoms with van der Waals surface area (Å²) in [7, 11) is -3.42. The van der Waals surface area contributed by atoms with Crippen LogP contribution >= 0.6 is 11.6 Å². The van der Waals surface area contributed by atoms with E-state index >= 15 is 0 Å². The van der Waals surface area contributed by atoms with E-state index in [2.05, 4.69) is 0 Å². The highest BCUT2D eigenvalue weighted by molar-refractivity contribution is 7.90. The maximum Gasteiger partial charge on any atom is 0.304 e. The molecular formula is C17H17ClO4S. The lowest BCUT2D eigenvalue weighted by molar-refractivity contribution is -0.137. The number of rotatable bonds is 6. The molecule has 4 nitrogen and oxygen atoms in total. The SMILES string of the molecule is CS(=O)(=O)c1cc(CC(Cl)CC(=O)O)ccc1-c1ccccc1. The second-order valence-electron chi connectivity index (χ2n) is 5.37. The molecule has 0 bridgehead atoms. The third kappa shape index (κ3) is 4.81. The van der Waals surface area contributed by atoms with E-state index in [9.17, 15) is 13.2 Å². The van der Waals surface area contributed by atoms with Gasteiger partial charge in [-0.1, -0.05) is 42.5 Å². The number of carbonyl (C=O) groups is 1. The predicted molar refractivity (Wildman–Crippen MR) is 90.6 cm³/mol. The Morgan fingerprint density at radius 3 is 2.39 bits per heavy atom. The van der Waals surface area contributed by atoms with E-state index in [0.717, 1.165) is 11.8 Å². The molecule has 0 aliphatic heterocycles. The Morgan fingerprint density at radius 1 is 1.17 bits per heavy atom. The zero-order chi connectivity index (χ0) is 17.0. The molecule has 122 valence electrons. The molecule has 6 heteroatoms. The first-order valence-electron chi connectivity index (χ1n) is 7.01. The van der Waals surface area contributed by atoms with E-state index in [1.165, 1.54) is 0 Å². The summed E-state index contributed by atoms with van der Waals surface area (Å²) >= 11 is 6.00. The summed E-state index contributed by atoms with van der Waals surface area (Å²) in [4.78, 5) is 10.9. The molecule has 1 N–H and O–H groups in total. The van der Waals surface area contributed by atoms with Gasteiger partial charge in [0.1, 0.15) is 0 Å². The van der Waals surface area contributed by atoms with Crippen LogP contribution in [-0.4, -0.2) is 31.1 Å². The first-order valence-corrected chi connectivity index (χ1v) is 9.34. The maximum atomic E-state index is 12.1. The molecule has 0 spiro atoms. The Hall–Kier alpha value is -1.85. The van der Waals surface area contributed by atoms with Crippen molar-refractivity contribution in [2.45, 2.75) is 23.1 Å². The molecular weight excluding hydrogens is 336 g/mol. The van der Waals surface area contributed by atoms with Gasteiger partial charge in [-0.2, -0.15) is 0 Å². The van der Waals surface area contributed by atoms with Gasteiger partial charge in [-0.05, 0) is 23.6 Å². The second-order valence-corrected chi connectivity index (χ2v) is 7.97. The van der Waals surface area contributed by atoms with Crippen molar-refractivity contribution >= 4 is 27.4 Å².